The summed E-state index contributed by atoms with van der Waals surface area (Å²) in [4.78, 5) is 45.2. The van der Waals surface area contributed by atoms with Crippen LogP contribution in [0.25, 0.3) is 11.4 Å². The molecule has 0 saturated carbocycles. The fourth-order valence-corrected chi connectivity index (χ4v) is 4.57. The second-order valence-electron chi connectivity index (χ2n) is 8.34. The van der Waals surface area contributed by atoms with E-state index in [0.29, 0.717) is 30.1 Å². The van der Waals surface area contributed by atoms with Gasteiger partial charge in [0.2, 0.25) is 5.91 Å². The van der Waals surface area contributed by atoms with Gasteiger partial charge in [0.25, 0.3) is 11.8 Å². The molecule has 2 aromatic carbocycles. The molecule has 7 nitrogen and oxygen atoms in total. The van der Waals surface area contributed by atoms with Crippen molar-refractivity contribution in [2.45, 2.75) is 19.4 Å². The molecule has 7 heteroatoms. The monoisotopic (exact) mass is 428 g/mol. The molecular weight excluding hydrogens is 404 g/mol. The number of nitrogens with zero attached hydrogens (tertiary/aromatic N) is 4. The minimum Gasteiger partial charge on any atom is -0.341 e. The van der Waals surface area contributed by atoms with Gasteiger partial charge in [0, 0.05) is 37.6 Å². The Labute approximate surface area is 186 Å². The number of imide groups is 1. The van der Waals surface area contributed by atoms with Crippen LogP contribution in [0.15, 0.2) is 67.0 Å². The number of hydrogen-bond donors (Lipinski definition) is 0. The maximum atomic E-state index is 12.8. The lowest BCUT2D eigenvalue weighted by Crippen LogP contribution is -2.46. The molecular formula is C25H24N4O3. The summed E-state index contributed by atoms with van der Waals surface area (Å²) >= 11 is 0. The fourth-order valence-electron chi connectivity index (χ4n) is 4.57. The smallest absolute Gasteiger partial charge is 0.262 e. The van der Waals surface area contributed by atoms with Gasteiger partial charge in [-0.1, -0.05) is 42.5 Å². The van der Waals surface area contributed by atoms with Crippen LogP contribution < -0.4 is 0 Å². The van der Waals surface area contributed by atoms with Gasteiger partial charge < -0.3 is 9.47 Å². The van der Waals surface area contributed by atoms with Crippen LogP contribution in [0.1, 0.15) is 33.6 Å². The van der Waals surface area contributed by atoms with Crippen LogP contribution in [0.3, 0.4) is 0 Å². The number of likely N-dealkylation sites (tertiary alicyclic amines) is 1. The summed E-state index contributed by atoms with van der Waals surface area (Å²) in [6.07, 6.45) is 5.58. The van der Waals surface area contributed by atoms with Gasteiger partial charge in [-0.15, -0.1) is 0 Å². The average molecular weight is 428 g/mol. The van der Waals surface area contributed by atoms with Crippen molar-refractivity contribution in [3.05, 3.63) is 78.1 Å². The summed E-state index contributed by atoms with van der Waals surface area (Å²) in [6.45, 7) is 1.91. The van der Waals surface area contributed by atoms with Gasteiger partial charge in [-0.2, -0.15) is 0 Å². The molecule has 162 valence electrons. The number of benzene rings is 2. The van der Waals surface area contributed by atoms with Crippen molar-refractivity contribution < 1.29 is 14.4 Å². The largest absolute Gasteiger partial charge is 0.341 e. The third-order valence-corrected chi connectivity index (χ3v) is 6.34. The van der Waals surface area contributed by atoms with E-state index in [2.05, 4.69) is 21.7 Å². The van der Waals surface area contributed by atoms with Gasteiger partial charge in [0.05, 0.1) is 11.1 Å². The highest BCUT2D eigenvalue weighted by molar-refractivity contribution is 6.22. The lowest BCUT2D eigenvalue weighted by Gasteiger charge is -2.33. The van der Waals surface area contributed by atoms with Crippen LogP contribution >= 0.6 is 0 Å². The average Bonchev–Trinajstić information content (AvgIpc) is 3.39. The van der Waals surface area contributed by atoms with Crippen molar-refractivity contribution in [3.8, 4) is 11.4 Å². The molecule has 0 atom stereocenters. The van der Waals surface area contributed by atoms with E-state index in [9.17, 15) is 14.4 Å². The molecule has 1 saturated heterocycles. The summed E-state index contributed by atoms with van der Waals surface area (Å²) in [7, 11) is 0. The van der Waals surface area contributed by atoms with Gasteiger partial charge in [-0.3, -0.25) is 19.3 Å². The van der Waals surface area contributed by atoms with Gasteiger partial charge in [0.15, 0.2) is 0 Å². The molecule has 0 unspecified atom stereocenters. The lowest BCUT2D eigenvalue weighted by molar-refractivity contribution is -0.132. The van der Waals surface area contributed by atoms with Gasteiger partial charge in [-0.25, -0.2) is 4.98 Å². The standard InChI is InChI=1S/C25H24N4O3/c30-22(17-29-24(31)20-8-4-5-9-21(20)25(29)32)27-13-10-18(11-14-27)16-28-15-12-26-23(28)19-6-2-1-3-7-19/h1-9,12,15,18H,10-11,13-14,16-17H2. The molecule has 0 spiro atoms. The summed E-state index contributed by atoms with van der Waals surface area (Å²) in [5.74, 6) is 0.445. The Morgan fingerprint density at radius 1 is 0.906 bits per heavy atom. The predicted octanol–water partition coefficient (Wildman–Crippen LogP) is 3.08. The number of carbonyl (C=O) groups excluding carboxylic acids is 3. The predicted molar refractivity (Wildman–Crippen MR) is 119 cm³/mol. The van der Waals surface area contributed by atoms with E-state index in [1.54, 1.807) is 29.2 Å². The van der Waals surface area contributed by atoms with Crippen molar-refractivity contribution in [2.75, 3.05) is 19.6 Å². The number of hydrogen-bond acceptors (Lipinski definition) is 4. The Morgan fingerprint density at radius 3 is 2.19 bits per heavy atom. The third kappa shape index (κ3) is 3.70. The maximum Gasteiger partial charge on any atom is 0.262 e. The second-order valence-corrected chi connectivity index (χ2v) is 8.34. The summed E-state index contributed by atoms with van der Waals surface area (Å²) < 4.78 is 2.18. The highest BCUT2D eigenvalue weighted by atomic mass is 16.2. The summed E-state index contributed by atoms with van der Waals surface area (Å²) in [6, 6.07) is 16.8. The molecule has 32 heavy (non-hydrogen) atoms. The summed E-state index contributed by atoms with van der Waals surface area (Å²) in [5, 5.41) is 0. The lowest BCUT2D eigenvalue weighted by atomic mass is 9.96. The number of rotatable bonds is 5. The SMILES string of the molecule is O=C(CN1C(=O)c2ccccc2C1=O)N1CCC(Cn2ccnc2-c2ccccc2)CC1. The minimum absolute atomic E-state index is 0.175. The molecule has 0 radical (unpaired) electrons. The van der Waals surface area contributed by atoms with Crippen LogP contribution in [0.2, 0.25) is 0 Å². The van der Waals surface area contributed by atoms with Crippen LogP contribution in [-0.2, 0) is 11.3 Å². The normalized spacial score (nSPS) is 16.5. The Hall–Kier alpha value is -3.74. The molecule has 2 aliphatic heterocycles. The molecule has 0 bridgehead atoms. The zero-order valence-corrected chi connectivity index (χ0v) is 17.7. The number of piperidine rings is 1. The first-order chi connectivity index (χ1) is 15.6. The number of imidazole rings is 1. The van der Waals surface area contributed by atoms with Crippen molar-refractivity contribution in [1.29, 1.82) is 0 Å². The molecule has 3 amide bonds. The van der Waals surface area contributed by atoms with E-state index in [4.69, 9.17) is 0 Å². The van der Waals surface area contributed by atoms with Gasteiger partial charge >= 0.3 is 0 Å². The second kappa shape index (κ2) is 8.42. The van der Waals surface area contributed by atoms with Gasteiger partial charge in [-0.05, 0) is 30.9 Å². The maximum absolute atomic E-state index is 12.8. The Bertz CT molecular complexity index is 1130. The molecule has 3 aromatic rings. The first kappa shape index (κ1) is 20.2. The van der Waals surface area contributed by atoms with E-state index < -0.39 is 0 Å². The first-order valence-electron chi connectivity index (χ1n) is 10.9. The Morgan fingerprint density at radius 2 is 1.53 bits per heavy atom. The van der Waals surface area contributed by atoms with E-state index in [1.165, 1.54) is 0 Å². The molecule has 2 aliphatic rings. The molecule has 0 aliphatic carbocycles. The van der Waals surface area contributed by atoms with Crippen LogP contribution in [0, 0.1) is 5.92 Å². The highest BCUT2D eigenvalue weighted by Crippen LogP contribution is 2.25. The molecule has 5 rings (SSSR count). The third-order valence-electron chi connectivity index (χ3n) is 6.34. The molecule has 3 heterocycles. The Kier molecular flexibility index (Phi) is 5.31. The van der Waals surface area contributed by atoms with E-state index in [-0.39, 0.29) is 24.3 Å². The van der Waals surface area contributed by atoms with Crippen LogP contribution in [0.4, 0.5) is 0 Å². The van der Waals surface area contributed by atoms with Gasteiger partial charge in [0.1, 0.15) is 12.4 Å². The molecule has 1 aromatic heterocycles. The number of amides is 3. The molecule has 1 fully saturated rings. The zero-order chi connectivity index (χ0) is 22.1. The van der Waals surface area contributed by atoms with E-state index >= 15 is 0 Å². The number of carbonyl (C=O) groups is 3. The summed E-state index contributed by atoms with van der Waals surface area (Å²) in [5.41, 5.74) is 1.84. The fraction of sp³-hybridized carbons (Fsp3) is 0.280. The van der Waals surface area contributed by atoms with Crippen molar-refractivity contribution in [2.24, 2.45) is 5.92 Å². The van der Waals surface area contributed by atoms with Crippen molar-refractivity contribution in [3.63, 3.8) is 0 Å². The quantitative estimate of drug-likeness (QED) is 0.586. The van der Waals surface area contributed by atoms with Crippen LogP contribution in [0.5, 0.6) is 0 Å². The number of fused-ring (bicyclic) bond motifs is 1. The Balaban J connectivity index is 1.18. The van der Waals surface area contributed by atoms with E-state index in [0.717, 1.165) is 35.7 Å². The molecule has 0 N–H and O–H groups in total. The zero-order valence-electron chi connectivity index (χ0n) is 17.7. The van der Waals surface area contributed by atoms with Crippen LogP contribution in [-0.4, -0.2) is 56.7 Å². The van der Waals surface area contributed by atoms with E-state index in [1.807, 2.05) is 30.6 Å². The first-order valence-corrected chi connectivity index (χ1v) is 10.9. The number of aromatic nitrogens is 2. The minimum atomic E-state index is -0.387. The van der Waals surface area contributed by atoms with Crippen molar-refractivity contribution in [1.82, 2.24) is 19.4 Å². The topological polar surface area (TPSA) is 75.5 Å². The van der Waals surface area contributed by atoms with Crippen molar-refractivity contribution >= 4 is 17.7 Å². The highest BCUT2D eigenvalue weighted by Gasteiger charge is 2.37.